The van der Waals surface area contributed by atoms with Crippen molar-refractivity contribution in [3.05, 3.63) is 35.9 Å². The Morgan fingerprint density at radius 1 is 1.33 bits per heavy atom. The zero-order valence-corrected chi connectivity index (χ0v) is 8.27. The van der Waals surface area contributed by atoms with Crippen molar-refractivity contribution < 1.29 is 14.3 Å². The summed E-state index contributed by atoms with van der Waals surface area (Å²) in [6.45, 7) is 1.30. The number of amides is 1. The van der Waals surface area contributed by atoms with Gasteiger partial charge in [0.25, 0.3) is 5.91 Å². The maximum absolute atomic E-state index is 11.2. The summed E-state index contributed by atoms with van der Waals surface area (Å²) in [5.74, 6) is -0.671. The summed E-state index contributed by atoms with van der Waals surface area (Å²) in [5, 5.41) is 2.70. The van der Waals surface area contributed by atoms with Crippen LogP contribution in [0, 0.1) is 0 Å². The van der Waals surface area contributed by atoms with E-state index in [1.54, 1.807) is 0 Å². The summed E-state index contributed by atoms with van der Waals surface area (Å²) in [6, 6.07) is 9.23. The highest BCUT2D eigenvalue weighted by atomic mass is 16.6. The van der Waals surface area contributed by atoms with Gasteiger partial charge in [-0.15, -0.1) is 0 Å². The SMILES string of the molecule is CC(=O)O[C@@H]1C(=O)N[C@H]1c1ccccc1. The van der Waals surface area contributed by atoms with E-state index < -0.39 is 12.1 Å². The Hall–Kier alpha value is -1.84. The molecule has 0 spiro atoms. The average molecular weight is 205 g/mol. The topological polar surface area (TPSA) is 55.4 Å². The second-order valence-electron chi connectivity index (χ2n) is 3.43. The minimum absolute atomic E-state index is 0.206. The summed E-state index contributed by atoms with van der Waals surface area (Å²) in [5.41, 5.74) is 0.948. The number of carbonyl (C=O) groups excluding carboxylic acids is 2. The van der Waals surface area contributed by atoms with Crippen LogP contribution in [0.2, 0.25) is 0 Å². The van der Waals surface area contributed by atoms with Gasteiger partial charge in [0, 0.05) is 6.92 Å². The number of hydrogen-bond acceptors (Lipinski definition) is 3. The fraction of sp³-hybridized carbons (Fsp3) is 0.273. The first-order chi connectivity index (χ1) is 7.18. The van der Waals surface area contributed by atoms with Gasteiger partial charge in [0.1, 0.15) is 6.04 Å². The Bertz CT molecular complexity index is 388. The minimum Gasteiger partial charge on any atom is -0.450 e. The quantitative estimate of drug-likeness (QED) is 0.573. The summed E-state index contributed by atoms with van der Waals surface area (Å²) >= 11 is 0. The highest BCUT2D eigenvalue weighted by Gasteiger charge is 2.42. The van der Waals surface area contributed by atoms with Crippen LogP contribution in [0.25, 0.3) is 0 Å². The summed E-state index contributed by atoms with van der Waals surface area (Å²) in [4.78, 5) is 21.9. The molecule has 78 valence electrons. The lowest BCUT2D eigenvalue weighted by Crippen LogP contribution is -2.57. The molecule has 1 heterocycles. The second kappa shape index (κ2) is 3.73. The fourth-order valence-corrected chi connectivity index (χ4v) is 1.59. The molecule has 15 heavy (non-hydrogen) atoms. The van der Waals surface area contributed by atoms with Crippen LogP contribution in [-0.2, 0) is 14.3 Å². The van der Waals surface area contributed by atoms with E-state index in [1.807, 2.05) is 30.3 Å². The highest BCUT2D eigenvalue weighted by Crippen LogP contribution is 2.26. The van der Waals surface area contributed by atoms with Crippen LogP contribution in [0.3, 0.4) is 0 Å². The van der Waals surface area contributed by atoms with E-state index in [2.05, 4.69) is 5.32 Å². The predicted molar refractivity (Wildman–Crippen MR) is 52.9 cm³/mol. The monoisotopic (exact) mass is 205 g/mol. The zero-order chi connectivity index (χ0) is 10.8. The van der Waals surface area contributed by atoms with E-state index in [-0.39, 0.29) is 11.9 Å². The molecule has 0 radical (unpaired) electrons. The minimum atomic E-state index is -0.676. The molecule has 1 aromatic rings. The molecule has 2 rings (SSSR count). The second-order valence-corrected chi connectivity index (χ2v) is 3.43. The molecule has 2 atom stereocenters. The van der Waals surface area contributed by atoms with Crippen LogP contribution in [0.15, 0.2) is 30.3 Å². The van der Waals surface area contributed by atoms with E-state index in [0.29, 0.717) is 0 Å². The Labute approximate surface area is 87.2 Å². The summed E-state index contributed by atoms with van der Waals surface area (Å²) in [6.07, 6.45) is -0.676. The van der Waals surface area contributed by atoms with Crippen molar-refractivity contribution in [3.8, 4) is 0 Å². The van der Waals surface area contributed by atoms with Crippen molar-refractivity contribution in [2.45, 2.75) is 19.1 Å². The molecule has 1 amide bonds. The Kier molecular flexibility index (Phi) is 2.41. The van der Waals surface area contributed by atoms with Crippen molar-refractivity contribution in [2.75, 3.05) is 0 Å². The number of rotatable bonds is 2. The molecule has 1 aromatic carbocycles. The normalized spacial score (nSPS) is 23.9. The van der Waals surface area contributed by atoms with Gasteiger partial charge in [-0.2, -0.15) is 0 Å². The van der Waals surface area contributed by atoms with E-state index in [9.17, 15) is 9.59 Å². The average Bonchev–Trinajstić information content (AvgIpc) is 2.24. The molecule has 1 fully saturated rings. The van der Waals surface area contributed by atoms with Gasteiger partial charge in [-0.05, 0) is 5.56 Å². The van der Waals surface area contributed by atoms with Crippen LogP contribution in [0.4, 0.5) is 0 Å². The molecule has 0 saturated carbocycles. The van der Waals surface area contributed by atoms with Crippen LogP contribution >= 0.6 is 0 Å². The third kappa shape index (κ3) is 1.83. The Morgan fingerprint density at radius 3 is 2.53 bits per heavy atom. The molecular formula is C11H11NO3. The van der Waals surface area contributed by atoms with Gasteiger partial charge < -0.3 is 10.1 Å². The smallest absolute Gasteiger partial charge is 0.303 e. The van der Waals surface area contributed by atoms with Gasteiger partial charge in [-0.1, -0.05) is 30.3 Å². The van der Waals surface area contributed by atoms with Gasteiger partial charge in [-0.3, -0.25) is 9.59 Å². The van der Waals surface area contributed by atoms with Crippen molar-refractivity contribution in [1.29, 1.82) is 0 Å². The van der Waals surface area contributed by atoms with Gasteiger partial charge in [-0.25, -0.2) is 0 Å². The number of nitrogens with one attached hydrogen (secondary N) is 1. The van der Waals surface area contributed by atoms with Crippen molar-refractivity contribution in [1.82, 2.24) is 5.32 Å². The molecule has 1 aliphatic rings. The third-order valence-corrected chi connectivity index (χ3v) is 2.31. The molecule has 0 unspecified atom stereocenters. The van der Waals surface area contributed by atoms with E-state index in [0.717, 1.165) is 5.56 Å². The Balaban J connectivity index is 2.12. The number of esters is 1. The van der Waals surface area contributed by atoms with Gasteiger partial charge in [0.2, 0.25) is 6.10 Å². The van der Waals surface area contributed by atoms with Crippen LogP contribution in [0.1, 0.15) is 18.5 Å². The fourth-order valence-electron chi connectivity index (χ4n) is 1.59. The molecular weight excluding hydrogens is 194 g/mol. The molecule has 1 aliphatic heterocycles. The van der Waals surface area contributed by atoms with Gasteiger partial charge in [0.05, 0.1) is 0 Å². The first kappa shape index (κ1) is 9.71. The first-order valence-electron chi connectivity index (χ1n) is 4.71. The maximum Gasteiger partial charge on any atom is 0.303 e. The molecule has 4 nitrogen and oxygen atoms in total. The number of benzene rings is 1. The van der Waals surface area contributed by atoms with E-state index in [4.69, 9.17) is 4.74 Å². The summed E-state index contributed by atoms with van der Waals surface area (Å²) in [7, 11) is 0. The van der Waals surface area contributed by atoms with Crippen molar-refractivity contribution in [2.24, 2.45) is 0 Å². The summed E-state index contributed by atoms with van der Waals surface area (Å²) < 4.78 is 4.91. The van der Waals surface area contributed by atoms with Crippen molar-refractivity contribution >= 4 is 11.9 Å². The largest absolute Gasteiger partial charge is 0.450 e. The van der Waals surface area contributed by atoms with Crippen LogP contribution in [0.5, 0.6) is 0 Å². The van der Waals surface area contributed by atoms with Crippen LogP contribution < -0.4 is 5.32 Å². The third-order valence-electron chi connectivity index (χ3n) is 2.31. The standard InChI is InChI=1S/C11H11NO3/c1-7(13)15-10-9(12-11(10)14)8-5-3-2-4-6-8/h2-6,9-10H,1H3,(H,12,14)/t9-,10-/m0/s1. The molecule has 1 saturated heterocycles. The van der Waals surface area contributed by atoms with E-state index in [1.165, 1.54) is 6.92 Å². The molecule has 4 heteroatoms. The van der Waals surface area contributed by atoms with Gasteiger partial charge in [0.15, 0.2) is 0 Å². The highest BCUT2D eigenvalue weighted by molar-refractivity contribution is 5.90. The first-order valence-corrected chi connectivity index (χ1v) is 4.71. The molecule has 1 N–H and O–H groups in total. The number of hydrogen-bond donors (Lipinski definition) is 1. The zero-order valence-electron chi connectivity index (χ0n) is 8.27. The molecule has 0 aromatic heterocycles. The lowest BCUT2D eigenvalue weighted by Gasteiger charge is -2.35. The number of β-lactam (4-membered cyclic amide) rings is 1. The van der Waals surface area contributed by atoms with Gasteiger partial charge >= 0.3 is 5.97 Å². The lowest BCUT2D eigenvalue weighted by atomic mass is 9.94. The molecule has 0 bridgehead atoms. The Morgan fingerprint density at radius 2 is 2.00 bits per heavy atom. The number of carbonyl (C=O) groups is 2. The molecule has 0 aliphatic carbocycles. The lowest BCUT2D eigenvalue weighted by molar-refractivity contribution is -0.164. The van der Waals surface area contributed by atoms with Crippen LogP contribution in [-0.4, -0.2) is 18.0 Å². The number of ether oxygens (including phenoxy) is 1. The predicted octanol–water partition coefficient (Wildman–Crippen LogP) is 0.789. The van der Waals surface area contributed by atoms with Crippen molar-refractivity contribution in [3.63, 3.8) is 0 Å². The van der Waals surface area contributed by atoms with E-state index >= 15 is 0 Å². The maximum atomic E-state index is 11.2.